The second-order valence-corrected chi connectivity index (χ2v) is 25.5. The van der Waals surface area contributed by atoms with Crippen molar-refractivity contribution in [1.29, 1.82) is 0 Å². The number of hydrogen-bond acceptors (Lipinski definition) is 0. The van der Waals surface area contributed by atoms with E-state index in [4.69, 9.17) is 0 Å². The van der Waals surface area contributed by atoms with Gasteiger partial charge in [-0.05, 0) is 153 Å². The number of rotatable bonds is 2. The molecule has 2 nitrogen and oxygen atoms in total. The third-order valence-corrected chi connectivity index (χ3v) is 16.6. The predicted molar refractivity (Wildman–Crippen MR) is 310 cm³/mol. The fourth-order valence-corrected chi connectivity index (χ4v) is 13.2. The molecule has 2 aliphatic rings. The highest BCUT2D eigenvalue weighted by Gasteiger charge is 2.44. The van der Waals surface area contributed by atoms with E-state index in [1.165, 1.54) is 149 Å². The van der Waals surface area contributed by atoms with Crippen LogP contribution in [0, 0.1) is 13.8 Å². The first-order valence-electron chi connectivity index (χ1n) is 26.0. The van der Waals surface area contributed by atoms with E-state index >= 15 is 0 Å². The Labute approximate surface area is 420 Å². The molecule has 3 heteroatoms. The van der Waals surface area contributed by atoms with Crippen molar-refractivity contribution < 1.29 is 0 Å². The number of fused-ring (bicyclic) bond motifs is 14. The van der Waals surface area contributed by atoms with Crippen LogP contribution in [-0.2, 0) is 21.7 Å². The largest absolute Gasteiger partial charge is 0.310 e. The van der Waals surface area contributed by atoms with E-state index in [9.17, 15) is 0 Å². The summed E-state index contributed by atoms with van der Waals surface area (Å²) in [6, 6.07) is 54.7. The van der Waals surface area contributed by atoms with Crippen molar-refractivity contribution in [1.82, 2.24) is 9.13 Å². The van der Waals surface area contributed by atoms with Crippen molar-refractivity contribution in [3.63, 3.8) is 0 Å². The van der Waals surface area contributed by atoms with Crippen molar-refractivity contribution in [2.75, 3.05) is 0 Å². The Morgan fingerprint density at radius 2 is 0.803 bits per heavy atom. The number of benzene rings is 9. The Balaban J connectivity index is 1.30. The summed E-state index contributed by atoms with van der Waals surface area (Å²) in [6.07, 6.45) is 0. The zero-order valence-corrected chi connectivity index (χ0v) is 44.3. The van der Waals surface area contributed by atoms with Gasteiger partial charge in [-0.2, -0.15) is 0 Å². The van der Waals surface area contributed by atoms with Crippen LogP contribution in [0.1, 0.15) is 116 Å². The average Bonchev–Trinajstić information content (AvgIpc) is 3.85. The van der Waals surface area contributed by atoms with Crippen LogP contribution >= 0.6 is 0 Å². The van der Waals surface area contributed by atoms with Crippen molar-refractivity contribution in [2.45, 2.75) is 119 Å². The highest BCUT2D eigenvalue weighted by atomic mass is 15.0. The van der Waals surface area contributed by atoms with Gasteiger partial charge in [-0.3, -0.25) is 0 Å². The quantitative estimate of drug-likeness (QED) is 0.153. The van der Waals surface area contributed by atoms with Gasteiger partial charge >= 0.3 is 0 Å². The molecule has 0 unspecified atom stereocenters. The van der Waals surface area contributed by atoms with Crippen molar-refractivity contribution in [3.8, 4) is 33.6 Å². The normalized spacial score (nSPS) is 13.7. The minimum Gasteiger partial charge on any atom is -0.310 e. The van der Waals surface area contributed by atoms with E-state index in [0.29, 0.717) is 0 Å². The number of nitrogens with zero attached hydrogens (tertiary/aromatic N) is 2. The van der Waals surface area contributed by atoms with E-state index in [2.05, 4.69) is 246 Å². The lowest BCUT2D eigenvalue weighted by atomic mass is 9.34. The monoisotopic (exact) mass is 921 g/mol. The van der Waals surface area contributed by atoms with E-state index in [-0.39, 0.29) is 28.4 Å². The lowest BCUT2D eigenvalue weighted by Crippen LogP contribution is -2.59. The molecule has 9 aromatic carbocycles. The van der Waals surface area contributed by atoms with Gasteiger partial charge in [-0.15, -0.1) is 0 Å². The van der Waals surface area contributed by atoms with Crippen LogP contribution < -0.4 is 16.4 Å². The Kier molecular flexibility index (Phi) is 8.95. The Morgan fingerprint density at radius 3 is 1.23 bits per heavy atom. The van der Waals surface area contributed by atoms with Gasteiger partial charge in [0.05, 0.1) is 22.1 Å². The maximum atomic E-state index is 2.74. The summed E-state index contributed by atoms with van der Waals surface area (Å²) in [7, 11) is 0. The Hall–Kier alpha value is -6.84. The van der Waals surface area contributed by atoms with Gasteiger partial charge in [-0.1, -0.05) is 198 Å². The zero-order chi connectivity index (χ0) is 49.6. The van der Waals surface area contributed by atoms with Gasteiger partial charge in [0, 0.05) is 32.9 Å². The molecular weight excluding hydrogens is 856 g/mol. The molecule has 0 radical (unpaired) electrons. The van der Waals surface area contributed by atoms with E-state index in [1.54, 1.807) is 0 Å². The Bertz CT molecular complexity index is 3900. The van der Waals surface area contributed by atoms with Crippen LogP contribution in [0.25, 0.3) is 98.8 Å². The molecule has 350 valence electrons. The van der Waals surface area contributed by atoms with Gasteiger partial charge in [0.15, 0.2) is 0 Å². The molecule has 2 aliphatic heterocycles. The van der Waals surface area contributed by atoms with Crippen molar-refractivity contribution in [2.24, 2.45) is 0 Å². The summed E-state index contributed by atoms with van der Waals surface area (Å²) < 4.78 is 5.49. The smallest absolute Gasteiger partial charge is 0.252 e. The first kappa shape index (κ1) is 44.1. The van der Waals surface area contributed by atoms with Crippen molar-refractivity contribution >= 4 is 88.3 Å². The minimum atomic E-state index is -0.112. The average molecular weight is 921 g/mol. The van der Waals surface area contributed by atoms with Gasteiger partial charge in [0.1, 0.15) is 0 Å². The number of aromatic nitrogens is 2. The number of aryl methyl sites for hydroxylation is 2. The molecule has 0 bridgehead atoms. The third-order valence-electron chi connectivity index (χ3n) is 16.6. The van der Waals surface area contributed by atoms with Gasteiger partial charge < -0.3 is 9.13 Å². The molecule has 0 amide bonds. The van der Waals surface area contributed by atoms with Crippen LogP contribution in [0.15, 0.2) is 140 Å². The molecule has 11 aromatic rings. The molecule has 13 rings (SSSR count). The molecule has 0 atom stereocenters. The summed E-state index contributed by atoms with van der Waals surface area (Å²) in [5.41, 5.74) is 24.9. The van der Waals surface area contributed by atoms with Crippen LogP contribution in [0.5, 0.6) is 0 Å². The molecule has 4 heterocycles. The SMILES string of the molecule is Cc1cc(-c2ccccc2)cc(C)c1-c1cc2c3c(c1)-n1c4cc(C(C)(C)C)cc(C(C)(C)C)c4c4c5ccccc5cc(c41)B3c1cc3ccccc3c3c4c(C(C)(C)C)cc(C(C)(C)C)cc4n-2c13. The summed E-state index contributed by atoms with van der Waals surface area (Å²) >= 11 is 0. The third kappa shape index (κ3) is 6.20. The highest BCUT2D eigenvalue weighted by molar-refractivity contribution is 7.00. The topological polar surface area (TPSA) is 9.86 Å². The number of hydrogen-bond donors (Lipinski definition) is 0. The molecule has 71 heavy (non-hydrogen) atoms. The predicted octanol–water partition coefficient (Wildman–Crippen LogP) is 16.5. The fourth-order valence-electron chi connectivity index (χ4n) is 13.2. The fraction of sp³-hybridized carbons (Fsp3) is 0.265. The zero-order valence-electron chi connectivity index (χ0n) is 44.3. The van der Waals surface area contributed by atoms with Crippen LogP contribution in [-0.4, -0.2) is 15.8 Å². The molecule has 0 aliphatic carbocycles. The molecular formula is C68H65BN2. The van der Waals surface area contributed by atoms with Gasteiger partial charge in [-0.25, -0.2) is 0 Å². The maximum absolute atomic E-state index is 2.74. The van der Waals surface area contributed by atoms with Crippen molar-refractivity contribution in [3.05, 3.63) is 173 Å². The summed E-state index contributed by atoms with van der Waals surface area (Å²) in [5.74, 6) is 0. The first-order chi connectivity index (χ1) is 33.6. The minimum absolute atomic E-state index is 0.00937. The highest BCUT2D eigenvalue weighted by Crippen LogP contribution is 2.49. The molecule has 0 N–H and O–H groups in total. The standard InChI is InChI=1S/C68H65BN2/c1-38-28-43(40-22-16-15-17-23-40)29-39(2)57(38)44-32-55-62-56(33-44)71-54-37-46(66(6,7)8)35-50(68(12,13)14)61(54)59-48-27-21-19-25-42(48)31-52(64(59)71)69(62)51-30-41-24-18-20-26-47(41)58-60-49(67(9,10)11)34-45(65(3,4)5)36-53(60)70(55)63(51)58/h15-37H,1-14H3. The summed E-state index contributed by atoms with van der Waals surface area (Å²) in [4.78, 5) is 0. The molecule has 2 aromatic heterocycles. The summed E-state index contributed by atoms with van der Waals surface area (Å²) in [6.45, 7) is 33.4. The Morgan fingerprint density at radius 1 is 0.380 bits per heavy atom. The maximum Gasteiger partial charge on any atom is 0.252 e. The van der Waals surface area contributed by atoms with Gasteiger partial charge in [0.2, 0.25) is 0 Å². The summed E-state index contributed by atoms with van der Waals surface area (Å²) in [5, 5.41) is 10.8. The molecule has 0 saturated carbocycles. The van der Waals surface area contributed by atoms with Crippen LogP contribution in [0.3, 0.4) is 0 Å². The second kappa shape index (κ2) is 14.4. The molecule has 0 spiro atoms. The molecule has 0 fully saturated rings. The molecule has 0 saturated heterocycles. The second-order valence-electron chi connectivity index (χ2n) is 25.5. The van der Waals surface area contributed by atoms with Crippen LogP contribution in [0.4, 0.5) is 0 Å². The van der Waals surface area contributed by atoms with Gasteiger partial charge in [0.25, 0.3) is 6.71 Å². The van der Waals surface area contributed by atoms with Crippen LogP contribution in [0.2, 0.25) is 0 Å². The first-order valence-corrected chi connectivity index (χ1v) is 26.0. The van der Waals surface area contributed by atoms with E-state index in [1.807, 2.05) is 0 Å². The lowest BCUT2D eigenvalue weighted by Gasteiger charge is -2.35. The lowest BCUT2D eigenvalue weighted by molar-refractivity contribution is 0.572. The van der Waals surface area contributed by atoms with E-state index < -0.39 is 0 Å². The van der Waals surface area contributed by atoms with E-state index in [0.717, 1.165) is 0 Å².